The first kappa shape index (κ1) is 14.1. The van der Waals surface area contributed by atoms with Crippen molar-refractivity contribution >= 4 is 40.8 Å². The van der Waals surface area contributed by atoms with Gasteiger partial charge in [0.1, 0.15) is 0 Å². The normalized spacial score (nSPS) is 16.6. The number of rotatable bonds is 4. The van der Waals surface area contributed by atoms with Crippen LogP contribution in [0.5, 0.6) is 0 Å². The van der Waals surface area contributed by atoms with E-state index in [4.69, 9.17) is 0 Å². The van der Waals surface area contributed by atoms with Gasteiger partial charge in [0, 0.05) is 13.1 Å². The highest BCUT2D eigenvalue weighted by atomic mass is 32.2. The molecule has 1 amide bonds. The molecule has 0 saturated carbocycles. The van der Waals surface area contributed by atoms with Crippen molar-refractivity contribution in [2.75, 3.05) is 25.1 Å². The number of amides is 1. The van der Waals surface area contributed by atoms with Crippen LogP contribution < -0.4 is 0 Å². The monoisotopic (exact) mass is 303 g/mol. The van der Waals surface area contributed by atoms with Gasteiger partial charge in [-0.2, -0.15) is 0 Å². The number of hydrogen-bond donors (Lipinski definition) is 0. The maximum Gasteiger partial charge on any atom is 0.233 e. The molecule has 1 aliphatic heterocycles. The van der Waals surface area contributed by atoms with Gasteiger partial charge in [0.15, 0.2) is 8.68 Å². The zero-order valence-electron chi connectivity index (χ0n) is 10.4. The maximum absolute atomic E-state index is 12.1. The fourth-order valence-corrected chi connectivity index (χ4v) is 4.21. The van der Waals surface area contributed by atoms with Crippen LogP contribution in [0.1, 0.15) is 25.7 Å². The summed E-state index contributed by atoms with van der Waals surface area (Å²) < 4.78 is 1.85. The van der Waals surface area contributed by atoms with Gasteiger partial charge < -0.3 is 4.90 Å². The summed E-state index contributed by atoms with van der Waals surface area (Å²) in [6.45, 7) is 1.84. The lowest BCUT2D eigenvalue weighted by molar-refractivity contribution is -0.128. The average molecular weight is 303 g/mol. The fraction of sp³-hybridized carbons (Fsp3) is 0.727. The standard InChI is InChI=1S/C11H17N3OS3/c1-16-10-12-13-11(18-10)17-8-9(15)14-6-4-2-3-5-7-14/h2-8H2,1H3. The molecule has 0 atom stereocenters. The van der Waals surface area contributed by atoms with Gasteiger partial charge in [0.05, 0.1) is 5.75 Å². The van der Waals surface area contributed by atoms with Gasteiger partial charge in [-0.1, -0.05) is 47.7 Å². The van der Waals surface area contributed by atoms with Crippen molar-refractivity contribution < 1.29 is 4.79 Å². The Morgan fingerprint density at radius 2 is 1.89 bits per heavy atom. The van der Waals surface area contributed by atoms with Crippen LogP contribution in [-0.2, 0) is 4.79 Å². The zero-order valence-corrected chi connectivity index (χ0v) is 12.9. The number of carbonyl (C=O) groups excluding carboxylic acids is 1. The van der Waals surface area contributed by atoms with Crippen LogP contribution in [0, 0.1) is 0 Å². The molecule has 4 nitrogen and oxygen atoms in total. The first-order valence-corrected chi connectivity index (χ1v) is 9.10. The predicted molar refractivity (Wildman–Crippen MR) is 77.5 cm³/mol. The van der Waals surface area contributed by atoms with Gasteiger partial charge in [0.2, 0.25) is 5.91 Å². The molecule has 1 aromatic heterocycles. The number of likely N-dealkylation sites (tertiary alicyclic amines) is 1. The summed E-state index contributed by atoms with van der Waals surface area (Å²) in [4.78, 5) is 14.1. The van der Waals surface area contributed by atoms with Crippen molar-refractivity contribution in [1.82, 2.24) is 15.1 Å². The third kappa shape index (κ3) is 4.13. The molecule has 0 bridgehead atoms. The number of nitrogens with zero attached hydrogens (tertiary/aromatic N) is 3. The molecule has 2 heterocycles. The van der Waals surface area contributed by atoms with Crippen molar-refractivity contribution in [3.63, 3.8) is 0 Å². The van der Waals surface area contributed by atoms with Gasteiger partial charge >= 0.3 is 0 Å². The number of aromatic nitrogens is 2. The quantitative estimate of drug-likeness (QED) is 0.800. The van der Waals surface area contributed by atoms with Crippen molar-refractivity contribution in [3.05, 3.63) is 0 Å². The molecular formula is C11H17N3OS3. The largest absolute Gasteiger partial charge is 0.342 e. The highest BCUT2D eigenvalue weighted by Crippen LogP contribution is 2.27. The molecule has 0 radical (unpaired) electrons. The van der Waals surface area contributed by atoms with E-state index in [1.807, 2.05) is 11.2 Å². The third-order valence-corrected chi connectivity index (χ3v) is 5.86. The SMILES string of the molecule is CSc1nnc(SCC(=O)N2CCCCCC2)s1. The van der Waals surface area contributed by atoms with Gasteiger partial charge in [-0.05, 0) is 19.1 Å². The summed E-state index contributed by atoms with van der Waals surface area (Å²) in [5.41, 5.74) is 0. The Morgan fingerprint density at radius 3 is 2.50 bits per heavy atom. The summed E-state index contributed by atoms with van der Waals surface area (Å²) in [6, 6.07) is 0. The Balaban J connectivity index is 1.79. The minimum atomic E-state index is 0.239. The Labute approximate surface area is 120 Å². The van der Waals surface area contributed by atoms with E-state index in [0.717, 1.165) is 34.6 Å². The molecule has 0 aromatic carbocycles. The predicted octanol–water partition coefficient (Wildman–Crippen LogP) is 2.75. The first-order chi connectivity index (χ1) is 8.79. The van der Waals surface area contributed by atoms with E-state index in [0.29, 0.717) is 5.75 Å². The van der Waals surface area contributed by atoms with Crippen LogP contribution in [0.4, 0.5) is 0 Å². The van der Waals surface area contributed by atoms with Crippen LogP contribution in [-0.4, -0.2) is 46.1 Å². The van der Waals surface area contributed by atoms with E-state index in [1.54, 1.807) is 23.1 Å². The van der Waals surface area contributed by atoms with E-state index in [-0.39, 0.29) is 5.91 Å². The molecular weight excluding hydrogens is 286 g/mol. The van der Waals surface area contributed by atoms with Crippen LogP contribution in [0.15, 0.2) is 8.68 Å². The van der Waals surface area contributed by atoms with Crippen LogP contribution in [0.2, 0.25) is 0 Å². The van der Waals surface area contributed by atoms with Crippen LogP contribution in [0.25, 0.3) is 0 Å². The molecule has 0 aliphatic carbocycles. The molecule has 18 heavy (non-hydrogen) atoms. The molecule has 0 unspecified atom stereocenters. The highest BCUT2D eigenvalue weighted by molar-refractivity contribution is 8.03. The van der Waals surface area contributed by atoms with E-state index in [9.17, 15) is 4.79 Å². The maximum atomic E-state index is 12.1. The molecule has 0 N–H and O–H groups in total. The summed E-state index contributed by atoms with van der Waals surface area (Å²) in [6.07, 6.45) is 6.78. The lowest BCUT2D eigenvalue weighted by Crippen LogP contribution is -2.33. The smallest absolute Gasteiger partial charge is 0.233 e. The number of hydrogen-bond acceptors (Lipinski definition) is 6. The summed E-state index contributed by atoms with van der Waals surface area (Å²) in [5, 5.41) is 8.09. The van der Waals surface area contributed by atoms with Crippen LogP contribution >= 0.6 is 34.9 Å². The van der Waals surface area contributed by atoms with Gasteiger partial charge in [-0.25, -0.2) is 0 Å². The Morgan fingerprint density at radius 1 is 1.22 bits per heavy atom. The summed E-state index contributed by atoms with van der Waals surface area (Å²) in [7, 11) is 0. The van der Waals surface area contributed by atoms with Crippen molar-refractivity contribution in [3.8, 4) is 0 Å². The Bertz CT molecular complexity index is 389. The van der Waals surface area contributed by atoms with E-state index in [1.165, 1.54) is 24.6 Å². The molecule has 1 saturated heterocycles. The van der Waals surface area contributed by atoms with Gasteiger partial charge in [-0.15, -0.1) is 10.2 Å². The zero-order chi connectivity index (χ0) is 12.8. The second-order valence-electron chi connectivity index (χ2n) is 4.12. The summed E-state index contributed by atoms with van der Waals surface area (Å²) >= 11 is 4.66. The Kier molecular flexibility index (Phi) is 5.78. The van der Waals surface area contributed by atoms with E-state index < -0.39 is 0 Å². The van der Waals surface area contributed by atoms with Crippen LogP contribution in [0.3, 0.4) is 0 Å². The van der Waals surface area contributed by atoms with Gasteiger partial charge in [-0.3, -0.25) is 4.79 Å². The third-order valence-electron chi connectivity index (χ3n) is 2.84. The summed E-state index contributed by atoms with van der Waals surface area (Å²) in [5.74, 6) is 0.728. The topological polar surface area (TPSA) is 46.1 Å². The molecule has 1 aromatic rings. The Hall–Kier alpha value is -0.270. The molecule has 1 fully saturated rings. The average Bonchev–Trinajstić information content (AvgIpc) is 2.68. The molecule has 7 heteroatoms. The highest BCUT2D eigenvalue weighted by Gasteiger charge is 2.16. The first-order valence-electron chi connectivity index (χ1n) is 6.07. The van der Waals surface area contributed by atoms with Crippen molar-refractivity contribution in [2.24, 2.45) is 0 Å². The number of carbonyl (C=O) groups is 1. The molecule has 100 valence electrons. The van der Waals surface area contributed by atoms with E-state index >= 15 is 0 Å². The molecule has 1 aliphatic rings. The van der Waals surface area contributed by atoms with Gasteiger partial charge in [0.25, 0.3) is 0 Å². The second-order valence-corrected chi connectivity index (χ2v) is 7.38. The number of thioether (sulfide) groups is 2. The minimum Gasteiger partial charge on any atom is -0.342 e. The van der Waals surface area contributed by atoms with Crippen molar-refractivity contribution in [1.29, 1.82) is 0 Å². The fourth-order valence-electron chi connectivity index (χ4n) is 1.87. The lowest BCUT2D eigenvalue weighted by Gasteiger charge is -2.19. The molecule has 0 spiro atoms. The lowest BCUT2D eigenvalue weighted by atomic mass is 10.2. The molecule has 2 rings (SSSR count). The second kappa shape index (κ2) is 7.35. The van der Waals surface area contributed by atoms with Crippen molar-refractivity contribution in [2.45, 2.75) is 34.4 Å². The minimum absolute atomic E-state index is 0.239. The van der Waals surface area contributed by atoms with E-state index in [2.05, 4.69) is 10.2 Å².